The highest BCUT2D eigenvalue weighted by atomic mass is 16.1. The molecule has 2 atom stereocenters. The fourth-order valence-electron chi connectivity index (χ4n) is 2.04. The highest BCUT2D eigenvalue weighted by Gasteiger charge is 2.17. The van der Waals surface area contributed by atoms with E-state index < -0.39 is 0 Å². The van der Waals surface area contributed by atoms with E-state index in [4.69, 9.17) is 0 Å². The third-order valence-electron chi connectivity index (χ3n) is 3.84. The Bertz CT molecular complexity index is 443. The minimum Gasteiger partial charge on any atom is -0.384 e. The van der Waals surface area contributed by atoms with Crippen LogP contribution in [0.4, 0.5) is 5.69 Å². The maximum absolute atomic E-state index is 12.5. The van der Waals surface area contributed by atoms with Crippen molar-refractivity contribution in [2.75, 3.05) is 11.9 Å². The average Bonchev–Trinajstić information content (AvgIpc) is 2.44. The van der Waals surface area contributed by atoms with Crippen LogP contribution in [0.5, 0.6) is 0 Å². The van der Waals surface area contributed by atoms with Crippen molar-refractivity contribution >= 4 is 11.6 Å². The average molecular weight is 276 g/mol. The minimum atomic E-state index is 0.0140. The molecule has 3 nitrogen and oxygen atoms in total. The lowest BCUT2D eigenvalue weighted by atomic mass is 10.00. The summed E-state index contributed by atoms with van der Waals surface area (Å²) in [4.78, 5) is 12.5. The van der Waals surface area contributed by atoms with Gasteiger partial charge in [0, 0.05) is 18.3 Å². The molecule has 0 aliphatic heterocycles. The number of nitrogens with one attached hydrogen (secondary N) is 2. The van der Waals surface area contributed by atoms with E-state index in [1.54, 1.807) is 0 Å². The number of anilines is 1. The lowest BCUT2D eigenvalue weighted by Crippen LogP contribution is -2.37. The fraction of sp³-hybridized carbons (Fsp3) is 0.588. The predicted octanol–water partition coefficient (Wildman–Crippen LogP) is 3.98. The SMILES string of the molecule is CCCNc1ccc(C)cc1C(=O)NC(C)C(C)CC. The molecule has 0 aliphatic rings. The Kier molecular flexibility index (Phi) is 6.56. The number of rotatable bonds is 7. The van der Waals surface area contributed by atoms with Crippen LogP contribution in [0.1, 0.15) is 56.5 Å². The number of carbonyl (C=O) groups excluding carboxylic acids is 1. The molecule has 0 aliphatic carbocycles. The summed E-state index contributed by atoms with van der Waals surface area (Å²) in [6, 6.07) is 6.17. The van der Waals surface area contributed by atoms with Crippen LogP contribution >= 0.6 is 0 Å². The zero-order valence-corrected chi connectivity index (χ0v) is 13.4. The molecular formula is C17H28N2O. The van der Waals surface area contributed by atoms with Crippen LogP contribution in [0.15, 0.2) is 18.2 Å². The van der Waals surface area contributed by atoms with Crippen LogP contribution in [0, 0.1) is 12.8 Å². The largest absolute Gasteiger partial charge is 0.384 e. The number of hydrogen-bond donors (Lipinski definition) is 2. The van der Waals surface area contributed by atoms with E-state index in [2.05, 4.69) is 38.3 Å². The molecule has 2 N–H and O–H groups in total. The molecule has 0 bridgehead atoms. The summed E-state index contributed by atoms with van der Waals surface area (Å²) in [7, 11) is 0. The zero-order valence-electron chi connectivity index (χ0n) is 13.4. The first-order chi connectivity index (χ1) is 9.49. The molecule has 112 valence electrons. The van der Waals surface area contributed by atoms with Crippen LogP contribution in [0.2, 0.25) is 0 Å². The van der Waals surface area contributed by atoms with Crippen LogP contribution in [0.25, 0.3) is 0 Å². The van der Waals surface area contributed by atoms with Crippen LogP contribution < -0.4 is 10.6 Å². The highest BCUT2D eigenvalue weighted by Crippen LogP contribution is 2.18. The lowest BCUT2D eigenvalue weighted by molar-refractivity contribution is 0.0929. The maximum Gasteiger partial charge on any atom is 0.253 e. The normalized spacial score (nSPS) is 13.7. The number of carbonyl (C=O) groups is 1. The molecule has 0 saturated carbocycles. The van der Waals surface area contributed by atoms with E-state index in [1.807, 2.05) is 25.1 Å². The van der Waals surface area contributed by atoms with Crippen molar-refractivity contribution in [2.24, 2.45) is 5.92 Å². The van der Waals surface area contributed by atoms with Gasteiger partial charge in [-0.15, -0.1) is 0 Å². The topological polar surface area (TPSA) is 41.1 Å². The fourth-order valence-corrected chi connectivity index (χ4v) is 2.04. The number of amides is 1. The van der Waals surface area contributed by atoms with Crippen LogP contribution in [0.3, 0.4) is 0 Å². The Morgan fingerprint density at radius 3 is 2.55 bits per heavy atom. The summed E-state index contributed by atoms with van der Waals surface area (Å²) >= 11 is 0. The molecule has 0 spiro atoms. The number of benzene rings is 1. The molecule has 0 saturated heterocycles. The van der Waals surface area contributed by atoms with Gasteiger partial charge in [-0.3, -0.25) is 4.79 Å². The predicted molar refractivity (Wildman–Crippen MR) is 86.3 cm³/mol. The molecule has 20 heavy (non-hydrogen) atoms. The van der Waals surface area contributed by atoms with Gasteiger partial charge in [0.2, 0.25) is 0 Å². The molecule has 0 radical (unpaired) electrons. The third-order valence-corrected chi connectivity index (χ3v) is 3.84. The van der Waals surface area contributed by atoms with E-state index >= 15 is 0 Å². The molecule has 1 aromatic carbocycles. The first-order valence-electron chi connectivity index (χ1n) is 7.64. The van der Waals surface area contributed by atoms with Gasteiger partial charge >= 0.3 is 0 Å². The van der Waals surface area contributed by atoms with E-state index in [0.717, 1.165) is 36.2 Å². The summed E-state index contributed by atoms with van der Waals surface area (Å²) in [5, 5.41) is 6.44. The standard InChI is InChI=1S/C17H28N2O/c1-6-10-18-16-9-8-12(3)11-15(16)17(20)19-14(5)13(4)7-2/h8-9,11,13-14,18H,6-7,10H2,1-5H3,(H,19,20). The molecule has 0 heterocycles. The highest BCUT2D eigenvalue weighted by molar-refractivity contribution is 6.00. The summed E-state index contributed by atoms with van der Waals surface area (Å²) < 4.78 is 0. The molecule has 2 unspecified atom stereocenters. The first-order valence-corrected chi connectivity index (χ1v) is 7.64. The van der Waals surface area contributed by atoms with E-state index in [9.17, 15) is 4.79 Å². The second kappa shape index (κ2) is 7.93. The molecule has 1 aromatic rings. The second-order valence-corrected chi connectivity index (χ2v) is 5.62. The second-order valence-electron chi connectivity index (χ2n) is 5.62. The quantitative estimate of drug-likeness (QED) is 0.791. The van der Waals surface area contributed by atoms with Crippen molar-refractivity contribution in [1.29, 1.82) is 0 Å². The summed E-state index contributed by atoms with van der Waals surface area (Å²) in [5.41, 5.74) is 2.77. The monoisotopic (exact) mass is 276 g/mol. The van der Waals surface area contributed by atoms with Gasteiger partial charge in [0.1, 0.15) is 0 Å². The van der Waals surface area contributed by atoms with Crippen molar-refractivity contribution in [3.05, 3.63) is 29.3 Å². The van der Waals surface area contributed by atoms with E-state index in [-0.39, 0.29) is 11.9 Å². The van der Waals surface area contributed by atoms with Gasteiger partial charge in [0.25, 0.3) is 5.91 Å². The van der Waals surface area contributed by atoms with Gasteiger partial charge in [-0.25, -0.2) is 0 Å². The lowest BCUT2D eigenvalue weighted by Gasteiger charge is -2.21. The van der Waals surface area contributed by atoms with Gasteiger partial charge in [-0.05, 0) is 38.3 Å². The minimum absolute atomic E-state index is 0.0140. The van der Waals surface area contributed by atoms with E-state index in [0.29, 0.717) is 5.92 Å². The molecule has 0 fully saturated rings. The Morgan fingerprint density at radius 1 is 1.25 bits per heavy atom. The third kappa shape index (κ3) is 4.55. The molecule has 1 rings (SSSR count). The van der Waals surface area contributed by atoms with Crippen molar-refractivity contribution in [3.63, 3.8) is 0 Å². The summed E-state index contributed by atoms with van der Waals surface area (Å²) in [5.74, 6) is 0.496. The van der Waals surface area contributed by atoms with Crippen molar-refractivity contribution < 1.29 is 4.79 Å². The Balaban J connectivity index is 2.87. The number of hydrogen-bond acceptors (Lipinski definition) is 2. The Morgan fingerprint density at radius 2 is 1.95 bits per heavy atom. The van der Waals surface area contributed by atoms with Gasteiger partial charge in [0.15, 0.2) is 0 Å². The van der Waals surface area contributed by atoms with Crippen molar-refractivity contribution in [2.45, 2.75) is 53.5 Å². The zero-order chi connectivity index (χ0) is 15.1. The van der Waals surface area contributed by atoms with Crippen molar-refractivity contribution in [1.82, 2.24) is 5.32 Å². The molecule has 0 aromatic heterocycles. The van der Waals surface area contributed by atoms with Gasteiger partial charge in [-0.1, -0.05) is 38.8 Å². The Labute approximate surface area is 123 Å². The smallest absolute Gasteiger partial charge is 0.253 e. The molecular weight excluding hydrogens is 248 g/mol. The Hall–Kier alpha value is -1.51. The van der Waals surface area contributed by atoms with Crippen LogP contribution in [-0.4, -0.2) is 18.5 Å². The van der Waals surface area contributed by atoms with Gasteiger partial charge in [-0.2, -0.15) is 0 Å². The van der Waals surface area contributed by atoms with Crippen molar-refractivity contribution in [3.8, 4) is 0 Å². The van der Waals surface area contributed by atoms with E-state index in [1.165, 1.54) is 0 Å². The molecule has 3 heteroatoms. The maximum atomic E-state index is 12.5. The number of aryl methyl sites for hydroxylation is 1. The summed E-state index contributed by atoms with van der Waals surface area (Å²) in [6.07, 6.45) is 2.11. The van der Waals surface area contributed by atoms with Gasteiger partial charge in [0.05, 0.1) is 5.56 Å². The summed E-state index contributed by atoms with van der Waals surface area (Å²) in [6.45, 7) is 11.4. The molecule has 1 amide bonds. The van der Waals surface area contributed by atoms with Gasteiger partial charge < -0.3 is 10.6 Å². The first kappa shape index (κ1) is 16.5. The van der Waals surface area contributed by atoms with Crippen LogP contribution in [-0.2, 0) is 0 Å².